The molecule has 2 saturated heterocycles. The maximum atomic E-state index is 13.4. The van der Waals surface area contributed by atoms with Gasteiger partial charge in [-0.3, -0.25) is 9.80 Å². The molecule has 0 bridgehead atoms. The molecule has 5 nitrogen and oxygen atoms in total. The number of hydrogen-bond acceptors (Lipinski definition) is 5. The van der Waals surface area contributed by atoms with Crippen molar-refractivity contribution in [1.82, 2.24) is 19.8 Å². The van der Waals surface area contributed by atoms with Crippen molar-refractivity contribution < 1.29 is 13.2 Å². The van der Waals surface area contributed by atoms with Crippen molar-refractivity contribution in [2.24, 2.45) is 0 Å². The molecule has 0 amide bonds. The van der Waals surface area contributed by atoms with Crippen LogP contribution >= 0.6 is 11.6 Å². The van der Waals surface area contributed by atoms with E-state index in [1.165, 1.54) is 5.56 Å². The van der Waals surface area contributed by atoms with E-state index in [0.717, 1.165) is 50.2 Å². The van der Waals surface area contributed by atoms with E-state index in [0.29, 0.717) is 24.8 Å². The number of rotatable bonds is 5. The van der Waals surface area contributed by atoms with Gasteiger partial charge in [-0.2, -0.15) is 13.2 Å². The summed E-state index contributed by atoms with van der Waals surface area (Å²) in [5, 5.41) is 0.745. The molecule has 4 rings (SSSR count). The van der Waals surface area contributed by atoms with Crippen LogP contribution in [0.2, 0.25) is 5.02 Å². The number of aromatic nitrogens is 2. The molecular formula is C23H29ClF3N5. The van der Waals surface area contributed by atoms with Gasteiger partial charge in [0.1, 0.15) is 5.69 Å². The summed E-state index contributed by atoms with van der Waals surface area (Å²) in [5.74, 6) is 0.109. The fraction of sp³-hybridized carbons (Fsp3) is 0.565. The summed E-state index contributed by atoms with van der Waals surface area (Å²) in [5.41, 5.74) is 0.824. The van der Waals surface area contributed by atoms with Gasteiger partial charge in [0, 0.05) is 62.6 Å². The van der Waals surface area contributed by atoms with Gasteiger partial charge in [-0.1, -0.05) is 37.6 Å². The lowest BCUT2D eigenvalue weighted by Gasteiger charge is -2.38. The van der Waals surface area contributed by atoms with Crippen molar-refractivity contribution in [2.75, 3.05) is 44.2 Å². The predicted octanol–water partition coefficient (Wildman–Crippen LogP) is 4.67. The van der Waals surface area contributed by atoms with Crippen molar-refractivity contribution in [2.45, 2.75) is 44.9 Å². The minimum absolute atomic E-state index is 0.0926. The van der Waals surface area contributed by atoms with Crippen LogP contribution in [0.15, 0.2) is 30.3 Å². The lowest BCUT2D eigenvalue weighted by atomic mass is 10.1. The van der Waals surface area contributed by atoms with Gasteiger partial charge in [0.2, 0.25) is 5.95 Å². The first-order chi connectivity index (χ1) is 15.2. The molecule has 0 N–H and O–H groups in total. The second-order valence-electron chi connectivity index (χ2n) is 8.96. The fourth-order valence-corrected chi connectivity index (χ4v) is 4.52. The first-order valence-corrected chi connectivity index (χ1v) is 11.5. The normalized spacial score (nSPS) is 21.0. The molecule has 1 atom stereocenters. The van der Waals surface area contributed by atoms with E-state index in [4.69, 9.17) is 11.6 Å². The number of nitrogens with zero attached hydrogens (tertiary/aromatic N) is 5. The molecule has 2 aliphatic rings. The molecule has 0 saturated carbocycles. The Hall–Kier alpha value is -1.90. The van der Waals surface area contributed by atoms with Gasteiger partial charge < -0.3 is 4.90 Å². The third kappa shape index (κ3) is 5.53. The fourth-order valence-electron chi connectivity index (χ4n) is 4.39. The third-order valence-corrected chi connectivity index (χ3v) is 6.56. The average molecular weight is 468 g/mol. The lowest BCUT2D eigenvalue weighted by molar-refractivity contribution is -0.141. The van der Waals surface area contributed by atoms with Gasteiger partial charge in [-0.15, -0.1) is 0 Å². The molecule has 1 aromatic carbocycles. The molecule has 2 aliphatic heterocycles. The SMILES string of the molecule is CC(C)c1cc(C(F)(F)F)nc(N2CC[C@H](N3CCN(Cc4ccc(Cl)cc4)CC3)C2)n1. The Bertz CT molecular complexity index is 911. The molecule has 3 heterocycles. The Balaban J connectivity index is 1.36. The quantitative estimate of drug-likeness (QED) is 0.638. The largest absolute Gasteiger partial charge is 0.433 e. The van der Waals surface area contributed by atoms with Crippen molar-refractivity contribution in [3.63, 3.8) is 0 Å². The zero-order valence-corrected chi connectivity index (χ0v) is 19.2. The summed E-state index contributed by atoms with van der Waals surface area (Å²) in [6.07, 6.45) is -3.56. The van der Waals surface area contributed by atoms with Crippen LogP contribution in [0.25, 0.3) is 0 Å². The van der Waals surface area contributed by atoms with E-state index < -0.39 is 11.9 Å². The molecule has 0 radical (unpaired) electrons. The Kier molecular flexibility index (Phi) is 6.93. The highest BCUT2D eigenvalue weighted by Crippen LogP contribution is 2.32. The zero-order chi connectivity index (χ0) is 22.9. The van der Waals surface area contributed by atoms with Gasteiger partial charge in [0.05, 0.1) is 0 Å². The van der Waals surface area contributed by atoms with Crippen molar-refractivity contribution in [3.8, 4) is 0 Å². The molecule has 0 aliphatic carbocycles. The van der Waals surface area contributed by atoms with E-state index in [1.54, 1.807) is 0 Å². The molecule has 0 unspecified atom stereocenters. The van der Waals surface area contributed by atoms with Crippen LogP contribution in [0.1, 0.15) is 43.1 Å². The Morgan fingerprint density at radius 2 is 1.72 bits per heavy atom. The first-order valence-electron chi connectivity index (χ1n) is 11.1. The maximum Gasteiger partial charge on any atom is 0.433 e. The van der Waals surface area contributed by atoms with Gasteiger partial charge in [-0.05, 0) is 36.1 Å². The van der Waals surface area contributed by atoms with Crippen LogP contribution in [-0.4, -0.2) is 65.1 Å². The van der Waals surface area contributed by atoms with Crippen LogP contribution < -0.4 is 4.90 Å². The highest BCUT2D eigenvalue weighted by Gasteiger charge is 2.36. The van der Waals surface area contributed by atoms with Gasteiger partial charge in [-0.25, -0.2) is 9.97 Å². The van der Waals surface area contributed by atoms with E-state index in [9.17, 15) is 13.2 Å². The van der Waals surface area contributed by atoms with Crippen molar-refractivity contribution in [3.05, 3.63) is 52.3 Å². The summed E-state index contributed by atoms with van der Waals surface area (Å²) < 4.78 is 40.1. The second-order valence-corrected chi connectivity index (χ2v) is 9.39. The van der Waals surface area contributed by atoms with E-state index in [2.05, 4.69) is 31.9 Å². The van der Waals surface area contributed by atoms with Crippen LogP contribution in [-0.2, 0) is 12.7 Å². The second kappa shape index (κ2) is 9.53. The Morgan fingerprint density at radius 3 is 2.34 bits per heavy atom. The van der Waals surface area contributed by atoms with E-state index >= 15 is 0 Å². The monoisotopic (exact) mass is 467 g/mol. The molecule has 0 spiro atoms. The third-order valence-electron chi connectivity index (χ3n) is 6.31. The van der Waals surface area contributed by atoms with Crippen molar-refractivity contribution in [1.29, 1.82) is 0 Å². The average Bonchev–Trinajstić information content (AvgIpc) is 3.25. The predicted molar refractivity (Wildman–Crippen MR) is 120 cm³/mol. The Morgan fingerprint density at radius 1 is 1.03 bits per heavy atom. The summed E-state index contributed by atoms with van der Waals surface area (Å²) in [7, 11) is 0. The maximum absolute atomic E-state index is 13.4. The minimum Gasteiger partial charge on any atom is -0.339 e. The molecule has 32 heavy (non-hydrogen) atoms. The number of benzene rings is 1. The van der Waals surface area contributed by atoms with Gasteiger partial charge in [0.25, 0.3) is 0 Å². The number of anilines is 1. The molecule has 1 aromatic heterocycles. The lowest BCUT2D eigenvalue weighted by Crippen LogP contribution is -2.50. The number of piperazine rings is 1. The summed E-state index contributed by atoms with van der Waals surface area (Å²) in [6, 6.07) is 9.34. The topological polar surface area (TPSA) is 35.5 Å². The van der Waals surface area contributed by atoms with Crippen LogP contribution in [0.4, 0.5) is 19.1 Å². The molecule has 2 fully saturated rings. The van der Waals surface area contributed by atoms with Gasteiger partial charge >= 0.3 is 6.18 Å². The van der Waals surface area contributed by atoms with Crippen molar-refractivity contribution >= 4 is 17.5 Å². The first kappa shape index (κ1) is 23.3. The van der Waals surface area contributed by atoms with Gasteiger partial charge in [0.15, 0.2) is 0 Å². The van der Waals surface area contributed by atoms with Crippen LogP contribution in [0.3, 0.4) is 0 Å². The molecule has 2 aromatic rings. The number of hydrogen-bond donors (Lipinski definition) is 0. The summed E-state index contributed by atoms with van der Waals surface area (Å²) >= 11 is 5.97. The van der Waals surface area contributed by atoms with E-state index in [-0.39, 0.29) is 11.9 Å². The molecular weight excluding hydrogens is 439 g/mol. The number of halogens is 4. The Labute approximate surface area is 192 Å². The highest BCUT2D eigenvalue weighted by molar-refractivity contribution is 6.30. The molecule has 9 heteroatoms. The smallest absolute Gasteiger partial charge is 0.339 e. The van der Waals surface area contributed by atoms with E-state index in [1.807, 2.05) is 30.9 Å². The molecule has 174 valence electrons. The zero-order valence-electron chi connectivity index (χ0n) is 18.4. The summed E-state index contributed by atoms with van der Waals surface area (Å²) in [4.78, 5) is 15.1. The van der Waals surface area contributed by atoms with Crippen LogP contribution in [0, 0.1) is 0 Å². The summed E-state index contributed by atoms with van der Waals surface area (Å²) in [6.45, 7) is 9.78. The highest BCUT2D eigenvalue weighted by atomic mass is 35.5. The standard InChI is InChI=1S/C23H29ClF3N5/c1-16(2)20-13-21(23(25,26)27)29-22(28-20)32-8-7-19(15-32)31-11-9-30(10-12-31)14-17-3-5-18(24)6-4-17/h3-6,13,16,19H,7-12,14-15H2,1-2H3/t19-/m0/s1. The van der Waals surface area contributed by atoms with Crippen LogP contribution in [0.5, 0.6) is 0 Å². The number of alkyl halides is 3. The minimum atomic E-state index is -4.47.